The van der Waals surface area contributed by atoms with E-state index in [1.165, 1.54) is 0 Å². The second kappa shape index (κ2) is 7.92. The number of hydrogen-bond acceptors (Lipinski definition) is 4. The summed E-state index contributed by atoms with van der Waals surface area (Å²) >= 11 is 0. The van der Waals surface area contributed by atoms with Gasteiger partial charge in [-0.05, 0) is 44.7 Å². The molecule has 1 saturated carbocycles. The van der Waals surface area contributed by atoms with Crippen LogP contribution in [-0.2, 0) is 0 Å². The standard InChI is InChI=1S/C18H21FN4O2/c1-12-2-4-14(5-3-12)22-17(24)23-15-6-8-16(9-7-15)25-18-20-10-13(19)11-21-18/h2-5,10-11,15-16H,6-9H2,1H3,(H2,22,23,24). The minimum Gasteiger partial charge on any atom is -0.460 e. The zero-order valence-corrected chi connectivity index (χ0v) is 14.0. The van der Waals surface area contributed by atoms with Crippen molar-refractivity contribution in [2.75, 3.05) is 5.32 Å². The zero-order chi connectivity index (χ0) is 17.6. The maximum absolute atomic E-state index is 12.8. The third-order valence-electron chi connectivity index (χ3n) is 4.19. The number of nitrogens with one attached hydrogen (secondary N) is 2. The second-order valence-corrected chi connectivity index (χ2v) is 6.24. The van der Waals surface area contributed by atoms with Crippen molar-refractivity contribution in [3.8, 4) is 6.01 Å². The van der Waals surface area contributed by atoms with Crippen molar-refractivity contribution in [3.63, 3.8) is 0 Å². The van der Waals surface area contributed by atoms with Crippen LogP contribution in [0.15, 0.2) is 36.7 Å². The van der Waals surface area contributed by atoms with E-state index in [4.69, 9.17) is 4.74 Å². The molecule has 1 heterocycles. The van der Waals surface area contributed by atoms with Crippen molar-refractivity contribution in [1.29, 1.82) is 0 Å². The summed E-state index contributed by atoms with van der Waals surface area (Å²) in [6, 6.07) is 7.76. The van der Waals surface area contributed by atoms with Crippen LogP contribution in [0.25, 0.3) is 0 Å². The van der Waals surface area contributed by atoms with E-state index in [0.717, 1.165) is 49.3 Å². The number of nitrogens with zero attached hydrogens (tertiary/aromatic N) is 2. The predicted octanol–water partition coefficient (Wildman–Crippen LogP) is 3.44. The van der Waals surface area contributed by atoms with E-state index >= 15 is 0 Å². The molecule has 1 aromatic carbocycles. The Kier molecular flexibility index (Phi) is 5.42. The topological polar surface area (TPSA) is 76.1 Å². The van der Waals surface area contributed by atoms with Crippen molar-refractivity contribution in [2.24, 2.45) is 0 Å². The van der Waals surface area contributed by atoms with Crippen LogP contribution in [0, 0.1) is 12.7 Å². The van der Waals surface area contributed by atoms with Gasteiger partial charge in [0, 0.05) is 11.7 Å². The van der Waals surface area contributed by atoms with Crippen molar-refractivity contribution in [3.05, 3.63) is 48.0 Å². The molecule has 0 bridgehead atoms. The molecule has 0 atom stereocenters. The summed E-state index contributed by atoms with van der Waals surface area (Å²) < 4.78 is 18.4. The quantitative estimate of drug-likeness (QED) is 0.891. The average Bonchev–Trinajstić information content (AvgIpc) is 2.61. The molecule has 1 aliphatic carbocycles. The molecule has 0 radical (unpaired) electrons. The lowest BCUT2D eigenvalue weighted by molar-refractivity contribution is 0.129. The van der Waals surface area contributed by atoms with Gasteiger partial charge in [0.1, 0.15) is 6.10 Å². The summed E-state index contributed by atoms with van der Waals surface area (Å²) in [7, 11) is 0. The number of anilines is 1. The lowest BCUT2D eigenvalue weighted by atomic mass is 9.93. The van der Waals surface area contributed by atoms with Crippen LogP contribution in [0.5, 0.6) is 6.01 Å². The highest BCUT2D eigenvalue weighted by atomic mass is 19.1. The maximum Gasteiger partial charge on any atom is 0.319 e. The first-order valence-electron chi connectivity index (χ1n) is 8.37. The highest BCUT2D eigenvalue weighted by Crippen LogP contribution is 2.22. The molecule has 3 rings (SSSR count). The van der Waals surface area contributed by atoms with Gasteiger partial charge in [0.15, 0.2) is 5.82 Å². The van der Waals surface area contributed by atoms with E-state index in [1.54, 1.807) is 0 Å². The van der Waals surface area contributed by atoms with Crippen LogP contribution in [-0.4, -0.2) is 28.1 Å². The van der Waals surface area contributed by atoms with E-state index in [2.05, 4.69) is 20.6 Å². The van der Waals surface area contributed by atoms with Gasteiger partial charge >= 0.3 is 12.0 Å². The first-order valence-corrected chi connectivity index (χ1v) is 8.37. The van der Waals surface area contributed by atoms with Crippen LogP contribution in [0.3, 0.4) is 0 Å². The fourth-order valence-electron chi connectivity index (χ4n) is 2.82. The first-order chi connectivity index (χ1) is 12.1. The minimum absolute atomic E-state index is 0.0105. The summed E-state index contributed by atoms with van der Waals surface area (Å²) in [5, 5.41) is 5.82. The molecular weight excluding hydrogens is 323 g/mol. The number of urea groups is 1. The number of halogens is 1. The Hall–Kier alpha value is -2.70. The molecule has 0 spiro atoms. The largest absolute Gasteiger partial charge is 0.460 e. The predicted molar refractivity (Wildman–Crippen MR) is 92.0 cm³/mol. The summed E-state index contributed by atoms with van der Waals surface area (Å²) in [6.07, 6.45) is 5.37. The van der Waals surface area contributed by atoms with Gasteiger partial charge in [0.2, 0.25) is 0 Å². The number of rotatable bonds is 4. The molecule has 1 aromatic heterocycles. The van der Waals surface area contributed by atoms with Crippen LogP contribution >= 0.6 is 0 Å². The van der Waals surface area contributed by atoms with E-state index in [-0.39, 0.29) is 24.2 Å². The lowest BCUT2D eigenvalue weighted by Gasteiger charge is -2.28. The molecule has 1 fully saturated rings. The van der Waals surface area contributed by atoms with E-state index in [9.17, 15) is 9.18 Å². The Morgan fingerprint density at radius 3 is 2.40 bits per heavy atom. The van der Waals surface area contributed by atoms with Gasteiger partial charge in [-0.25, -0.2) is 19.2 Å². The first kappa shape index (κ1) is 17.1. The summed E-state index contributed by atoms with van der Waals surface area (Å²) in [5.41, 5.74) is 1.92. The number of carbonyl (C=O) groups excluding carboxylic acids is 1. The van der Waals surface area contributed by atoms with Gasteiger partial charge in [0.25, 0.3) is 0 Å². The van der Waals surface area contributed by atoms with Gasteiger partial charge in [0.05, 0.1) is 12.4 Å². The minimum atomic E-state index is -0.486. The van der Waals surface area contributed by atoms with Gasteiger partial charge in [-0.2, -0.15) is 0 Å². The van der Waals surface area contributed by atoms with E-state index in [1.807, 2.05) is 31.2 Å². The third kappa shape index (κ3) is 5.14. The van der Waals surface area contributed by atoms with Crippen molar-refractivity contribution >= 4 is 11.7 Å². The molecule has 6 nitrogen and oxygen atoms in total. The normalized spacial score (nSPS) is 19.9. The van der Waals surface area contributed by atoms with Crippen LogP contribution in [0.4, 0.5) is 14.9 Å². The number of amides is 2. The highest BCUT2D eigenvalue weighted by Gasteiger charge is 2.24. The molecular formula is C18H21FN4O2. The van der Waals surface area contributed by atoms with Crippen molar-refractivity contribution in [1.82, 2.24) is 15.3 Å². The number of ether oxygens (including phenoxy) is 1. The molecule has 2 aromatic rings. The molecule has 2 amide bonds. The molecule has 132 valence electrons. The Balaban J connectivity index is 1.42. The Morgan fingerprint density at radius 2 is 1.76 bits per heavy atom. The molecule has 2 N–H and O–H groups in total. The number of carbonyl (C=O) groups is 1. The van der Waals surface area contributed by atoms with Gasteiger partial charge in [-0.1, -0.05) is 17.7 Å². The van der Waals surface area contributed by atoms with E-state index < -0.39 is 5.82 Å². The SMILES string of the molecule is Cc1ccc(NC(=O)NC2CCC(Oc3ncc(F)cn3)CC2)cc1. The molecule has 7 heteroatoms. The zero-order valence-electron chi connectivity index (χ0n) is 14.0. The third-order valence-corrected chi connectivity index (χ3v) is 4.19. The van der Waals surface area contributed by atoms with Gasteiger partial charge in [-0.3, -0.25) is 0 Å². The smallest absolute Gasteiger partial charge is 0.319 e. The molecule has 25 heavy (non-hydrogen) atoms. The van der Waals surface area contributed by atoms with Gasteiger partial charge < -0.3 is 15.4 Å². The van der Waals surface area contributed by atoms with Crippen molar-refractivity contribution in [2.45, 2.75) is 44.8 Å². The highest BCUT2D eigenvalue weighted by molar-refractivity contribution is 5.89. The molecule has 0 saturated heterocycles. The number of aryl methyl sites for hydroxylation is 1. The van der Waals surface area contributed by atoms with Crippen LogP contribution in [0.2, 0.25) is 0 Å². The monoisotopic (exact) mass is 344 g/mol. The lowest BCUT2D eigenvalue weighted by Crippen LogP contribution is -2.41. The Labute approximate surface area is 145 Å². The molecule has 0 unspecified atom stereocenters. The fraction of sp³-hybridized carbons (Fsp3) is 0.389. The summed E-state index contributed by atoms with van der Waals surface area (Å²) in [6.45, 7) is 2.00. The molecule has 1 aliphatic rings. The average molecular weight is 344 g/mol. The molecule has 0 aliphatic heterocycles. The summed E-state index contributed by atoms with van der Waals surface area (Å²) in [5.74, 6) is -0.486. The van der Waals surface area contributed by atoms with Gasteiger partial charge in [-0.15, -0.1) is 0 Å². The number of hydrogen-bond donors (Lipinski definition) is 2. The Bertz CT molecular complexity index is 698. The maximum atomic E-state index is 12.8. The van der Waals surface area contributed by atoms with Crippen molar-refractivity contribution < 1.29 is 13.9 Å². The number of aromatic nitrogens is 2. The Morgan fingerprint density at radius 1 is 1.12 bits per heavy atom. The fourth-order valence-corrected chi connectivity index (χ4v) is 2.82. The number of benzene rings is 1. The van der Waals surface area contributed by atoms with E-state index in [0.29, 0.717) is 0 Å². The van der Waals surface area contributed by atoms with Crippen LogP contribution in [0.1, 0.15) is 31.2 Å². The second-order valence-electron chi connectivity index (χ2n) is 6.24. The van der Waals surface area contributed by atoms with Crippen LogP contribution < -0.4 is 15.4 Å². The summed E-state index contributed by atoms with van der Waals surface area (Å²) in [4.78, 5) is 19.7.